The number of unbranched alkanes of at least 4 members (excludes halogenated alkanes) is 1. The third-order valence-corrected chi connectivity index (χ3v) is 8.15. The summed E-state index contributed by atoms with van der Waals surface area (Å²) in [7, 11) is -3.66. The summed E-state index contributed by atoms with van der Waals surface area (Å²) in [5, 5.41) is 13.4. The number of nitrogens with one attached hydrogen (secondary N) is 1. The molecule has 2 aliphatic rings. The zero-order valence-electron chi connectivity index (χ0n) is 17.4. The predicted octanol–water partition coefficient (Wildman–Crippen LogP) is 3.68. The van der Waals surface area contributed by atoms with Crippen LogP contribution in [-0.4, -0.2) is 37.0 Å². The molecule has 30 heavy (non-hydrogen) atoms. The number of aliphatic hydroxyl groups is 1. The van der Waals surface area contributed by atoms with Gasteiger partial charge in [-0.05, 0) is 55.2 Å². The highest BCUT2D eigenvalue weighted by atomic mass is 32.2. The van der Waals surface area contributed by atoms with Gasteiger partial charge in [0.2, 0.25) is 10.0 Å². The molecule has 2 aromatic rings. The highest BCUT2D eigenvalue weighted by Crippen LogP contribution is 2.48. The molecule has 0 unspecified atom stereocenters. The second-order valence-electron chi connectivity index (χ2n) is 8.07. The summed E-state index contributed by atoms with van der Waals surface area (Å²) in [4.78, 5) is 0.352. The fourth-order valence-electron chi connectivity index (χ4n) is 4.63. The molecule has 0 spiro atoms. The normalized spacial score (nSPS) is 23.1. The first kappa shape index (κ1) is 20.9. The molecule has 2 aliphatic heterocycles. The van der Waals surface area contributed by atoms with Crippen LogP contribution in [0.1, 0.15) is 48.9 Å². The van der Waals surface area contributed by atoms with Gasteiger partial charge in [0.15, 0.2) is 0 Å². The average molecular weight is 425 g/mol. The Balaban J connectivity index is 1.80. The van der Waals surface area contributed by atoms with Gasteiger partial charge in [-0.2, -0.15) is 4.31 Å². The molecule has 6 heteroatoms. The zero-order chi connectivity index (χ0) is 21.3. The van der Waals surface area contributed by atoms with Crippen molar-refractivity contribution in [3.05, 3.63) is 59.2 Å². The Kier molecular flexibility index (Phi) is 5.88. The second kappa shape index (κ2) is 8.43. The zero-order valence-corrected chi connectivity index (χ0v) is 18.2. The number of hydrogen-bond donors (Lipinski definition) is 2. The maximum atomic E-state index is 13.6. The maximum absolute atomic E-state index is 13.6. The lowest BCUT2D eigenvalue weighted by Gasteiger charge is -2.39. The molecule has 1 saturated heterocycles. The SMILES string of the molecule is CCCC#Cc1ccc2c(c1)[C@@H]1[C@@H](CCN1S(=O)(=O)c1ccccc1C)[C@@H](CO)N2. The lowest BCUT2D eigenvalue weighted by Crippen LogP contribution is -2.43. The average Bonchev–Trinajstić information content (AvgIpc) is 3.20. The first-order valence-electron chi connectivity index (χ1n) is 10.5. The van der Waals surface area contributed by atoms with Crippen LogP contribution in [0, 0.1) is 24.7 Å². The Morgan fingerprint density at radius 3 is 2.77 bits per heavy atom. The Hall–Kier alpha value is -2.33. The van der Waals surface area contributed by atoms with Gasteiger partial charge in [-0.1, -0.05) is 37.0 Å². The monoisotopic (exact) mass is 424 g/mol. The number of fused-ring (bicyclic) bond motifs is 3. The van der Waals surface area contributed by atoms with E-state index in [1.807, 2.05) is 37.3 Å². The van der Waals surface area contributed by atoms with Crippen molar-refractivity contribution in [2.24, 2.45) is 5.92 Å². The Morgan fingerprint density at radius 2 is 2.03 bits per heavy atom. The first-order valence-corrected chi connectivity index (χ1v) is 12.0. The minimum Gasteiger partial charge on any atom is -0.394 e. The van der Waals surface area contributed by atoms with Crippen molar-refractivity contribution in [3.8, 4) is 11.8 Å². The molecular weight excluding hydrogens is 396 g/mol. The first-order chi connectivity index (χ1) is 14.5. The standard InChI is InChI=1S/C24H28N2O3S/c1-3-4-5-9-18-11-12-21-20(15-18)24-19(22(16-27)25-21)13-14-26(24)30(28,29)23-10-7-6-8-17(23)2/h6-8,10-12,15,19,22,24-25,27H,3-4,13-14,16H2,1-2H3/t19-,22+,24-/m0/s1. The van der Waals surface area contributed by atoms with E-state index < -0.39 is 10.0 Å². The summed E-state index contributed by atoms with van der Waals surface area (Å²) in [6.45, 7) is 4.33. The molecule has 0 bridgehead atoms. The number of benzene rings is 2. The van der Waals surface area contributed by atoms with Gasteiger partial charge >= 0.3 is 0 Å². The van der Waals surface area contributed by atoms with Gasteiger partial charge in [0.05, 0.1) is 23.6 Å². The van der Waals surface area contributed by atoms with Gasteiger partial charge in [-0.25, -0.2) is 8.42 Å². The van der Waals surface area contributed by atoms with Crippen molar-refractivity contribution in [1.29, 1.82) is 0 Å². The highest BCUT2D eigenvalue weighted by molar-refractivity contribution is 7.89. The molecule has 2 heterocycles. The summed E-state index contributed by atoms with van der Waals surface area (Å²) in [6, 6.07) is 12.6. The van der Waals surface area contributed by atoms with Gasteiger partial charge in [0, 0.05) is 30.1 Å². The van der Waals surface area contributed by atoms with Crippen LogP contribution in [0.3, 0.4) is 0 Å². The van der Waals surface area contributed by atoms with E-state index in [1.54, 1.807) is 16.4 Å². The largest absolute Gasteiger partial charge is 0.394 e. The molecule has 5 nitrogen and oxygen atoms in total. The van der Waals surface area contributed by atoms with E-state index in [0.29, 0.717) is 17.9 Å². The summed E-state index contributed by atoms with van der Waals surface area (Å²) in [5.41, 5.74) is 3.46. The van der Waals surface area contributed by atoms with Crippen molar-refractivity contribution < 1.29 is 13.5 Å². The number of aryl methyl sites for hydroxylation is 1. The van der Waals surface area contributed by atoms with Crippen LogP contribution in [-0.2, 0) is 10.0 Å². The third-order valence-electron chi connectivity index (χ3n) is 6.11. The van der Waals surface area contributed by atoms with Crippen LogP contribution < -0.4 is 5.32 Å². The van der Waals surface area contributed by atoms with E-state index in [2.05, 4.69) is 24.1 Å². The van der Waals surface area contributed by atoms with E-state index in [9.17, 15) is 13.5 Å². The Morgan fingerprint density at radius 1 is 1.23 bits per heavy atom. The Bertz CT molecular complexity index is 1100. The number of sulfonamides is 1. The van der Waals surface area contributed by atoms with Crippen molar-refractivity contribution in [3.63, 3.8) is 0 Å². The lowest BCUT2D eigenvalue weighted by molar-refractivity contribution is 0.210. The van der Waals surface area contributed by atoms with Crippen LogP contribution in [0.5, 0.6) is 0 Å². The van der Waals surface area contributed by atoms with E-state index in [4.69, 9.17) is 0 Å². The molecule has 1 fully saturated rings. The molecule has 0 amide bonds. The molecule has 4 rings (SSSR count). The molecule has 2 N–H and O–H groups in total. The number of hydrogen-bond acceptors (Lipinski definition) is 4. The van der Waals surface area contributed by atoms with Crippen LogP contribution in [0.2, 0.25) is 0 Å². The van der Waals surface area contributed by atoms with Crippen molar-refractivity contribution in [2.45, 2.75) is 50.1 Å². The van der Waals surface area contributed by atoms with Crippen LogP contribution >= 0.6 is 0 Å². The van der Waals surface area contributed by atoms with E-state index >= 15 is 0 Å². The minimum absolute atomic E-state index is 0.0140. The van der Waals surface area contributed by atoms with Crippen molar-refractivity contribution in [2.75, 3.05) is 18.5 Å². The summed E-state index contributed by atoms with van der Waals surface area (Å²) in [5.74, 6) is 6.38. The minimum atomic E-state index is -3.66. The van der Waals surface area contributed by atoms with Gasteiger partial charge in [-0.15, -0.1) is 0 Å². The molecule has 0 aromatic heterocycles. The molecule has 158 valence electrons. The van der Waals surface area contributed by atoms with Crippen molar-refractivity contribution in [1.82, 2.24) is 4.31 Å². The van der Waals surface area contributed by atoms with Crippen molar-refractivity contribution >= 4 is 15.7 Å². The molecule has 2 aromatic carbocycles. The molecule has 3 atom stereocenters. The molecule has 0 radical (unpaired) electrons. The number of aliphatic hydroxyl groups excluding tert-OH is 1. The number of anilines is 1. The maximum Gasteiger partial charge on any atom is 0.243 e. The van der Waals surface area contributed by atoms with Gasteiger partial charge in [0.25, 0.3) is 0 Å². The quantitative estimate of drug-likeness (QED) is 0.735. The fourth-order valence-corrected chi connectivity index (χ4v) is 6.52. The van der Waals surface area contributed by atoms with Gasteiger partial charge < -0.3 is 10.4 Å². The van der Waals surface area contributed by atoms with Gasteiger partial charge in [-0.3, -0.25) is 0 Å². The van der Waals surface area contributed by atoms with Gasteiger partial charge in [0.1, 0.15) is 0 Å². The van der Waals surface area contributed by atoms with E-state index in [0.717, 1.165) is 35.2 Å². The molecule has 0 aliphatic carbocycles. The number of rotatable bonds is 4. The van der Waals surface area contributed by atoms with Crippen LogP contribution in [0.15, 0.2) is 47.4 Å². The molecular formula is C24H28N2O3S. The predicted molar refractivity (Wildman–Crippen MR) is 119 cm³/mol. The second-order valence-corrected chi connectivity index (χ2v) is 9.92. The fraction of sp³-hybridized carbons (Fsp3) is 0.417. The topological polar surface area (TPSA) is 69.6 Å². The lowest BCUT2D eigenvalue weighted by atomic mass is 9.83. The number of nitrogens with zero attached hydrogens (tertiary/aromatic N) is 1. The molecule has 0 saturated carbocycles. The smallest absolute Gasteiger partial charge is 0.243 e. The Labute approximate surface area is 179 Å². The van der Waals surface area contributed by atoms with Crippen LogP contribution in [0.25, 0.3) is 0 Å². The van der Waals surface area contributed by atoms with Crippen LogP contribution in [0.4, 0.5) is 5.69 Å². The third kappa shape index (κ3) is 3.62. The van der Waals surface area contributed by atoms with E-state index in [1.165, 1.54) is 0 Å². The van der Waals surface area contributed by atoms with E-state index in [-0.39, 0.29) is 24.6 Å². The summed E-state index contributed by atoms with van der Waals surface area (Å²) >= 11 is 0. The summed E-state index contributed by atoms with van der Waals surface area (Å²) < 4.78 is 28.9. The summed E-state index contributed by atoms with van der Waals surface area (Å²) in [6.07, 6.45) is 2.55. The highest BCUT2D eigenvalue weighted by Gasteiger charge is 2.48.